The Morgan fingerprint density at radius 2 is 2.00 bits per heavy atom. The normalized spacial score (nSPS) is 14.4. The lowest BCUT2D eigenvalue weighted by Crippen LogP contribution is -2.24. The highest BCUT2D eigenvalue weighted by Gasteiger charge is 2.04. The summed E-state index contributed by atoms with van der Waals surface area (Å²) in [7, 11) is 2.04. The van der Waals surface area contributed by atoms with Crippen LogP contribution in [0.1, 0.15) is 58.8 Å². The van der Waals surface area contributed by atoms with Crippen LogP contribution in [0.2, 0.25) is 0 Å². The molecule has 0 aromatic carbocycles. The number of nitrogens with one attached hydrogen (secondary N) is 2. The molecular weight excluding hydrogens is 253 g/mol. The summed E-state index contributed by atoms with van der Waals surface area (Å²) >= 11 is 0. The van der Waals surface area contributed by atoms with E-state index in [1.165, 1.54) is 32.1 Å². The van der Waals surface area contributed by atoms with Gasteiger partial charge < -0.3 is 10.7 Å². The van der Waals surface area contributed by atoms with Gasteiger partial charge in [-0.3, -0.25) is 5.84 Å². The predicted octanol–water partition coefficient (Wildman–Crippen LogP) is 3.59. The smallest absolute Gasteiger partial charge is 0.116 e. The van der Waals surface area contributed by atoms with Crippen LogP contribution < -0.4 is 16.6 Å². The summed E-state index contributed by atoms with van der Waals surface area (Å²) in [5.41, 5.74) is 3.93. The monoisotopic (exact) mass is 285 g/mol. The molecule has 0 saturated carbocycles. The fourth-order valence-corrected chi connectivity index (χ4v) is 2.33. The van der Waals surface area contributed by atoms with Gasteiger partial charge in [0.1, 0.15) is 6.67 Å². The number of alkyl halides is 1. The molecule has 4 heteroatoms. The molecule has 20 heavy (non-hydrogen) atoms. The van der Waals surface area contributed by atoms with E-state index in [0.29, 0.717) is 17.3 Å². The molecule has 1 atom stereocenters. The molecular formula is C16H32FN3. The Bertz CT molecular complexity index is 287. The van der Waals surface area contributed by atoms with Crippen LogP contribution in [0.3, 0.4) is 0 Å². The predicted molar refractivity (Wildman–Crippen MR) is 86.0 cm³/mol. The van der Waals surface area contributed by atoms with Gasteiger partial charge in [0.05, 0.1) is 0 Å². The first-order chi connectivity index (χ1) is 9.73. The quantitative estimate of drug-likeness (QED) is 0.222. The van der Waals surface area contributed by atoms with Gasteiger partial charge >= 0.3 is 0 Å². The second-order valence-corrected chi connectivity index (χ2v) is 5.12. The molecule has 0 aliphatic carbocycles. The Kier molecular flexibility index (Phi) is 12.6. The van der Waals surface area contributed by atoms with Crippen molar-refractivity contribution in [3.63, 3.8) is 0 Å². The lowest BCUT2D eigenvalue weighted by atomic mass is 10.0. The molecule has 0 saturated heterocycles. The summed E-state index contributed by atoms with van der Waals surface area (Å²) in [5, 5.41) is 3.36. The van der Waals surface area contributed by atoms with E-state index in [4.69, 9.17) is 5.84 Å². The average Bonchev–Trinajstić information content (AvgIpc) is 2.48. The van der Waals surface area contributed by atoms with E-state index in [1.807, 2.05) is 20.0 Å². The van der Waals surface area contributed by atoms with Gasteiger partial charge in [-0.05, 0) is 39.7 Å². The second-order valence-electron chi connectivity index (χ2n) is 5.12. The van der Waals surface area contributed by atoms with Crippen molar-refractivity contribution in [3.8, 4) is 0 Å². The first-order valence-electron chi connectivity index (χ1n) is 7.78. The van der Waals surface area contributed by atoms with Crippen molar-refractivity contribution < 1.29 is 4.39 Å². The van der Waals surface area contributed by atoms with Crippen LogP contribution in [-0.4, -0.2) is 19.8 Å². The van der Waals surface area contributed by atoms with E-state index in [0.717, 1.165) is 12.8 Å². The number of rotatable bonds is 12. The molecule has 118 valence electrons. The van der Waals surface area contributed by atoms with Gasteiger partial charge in [-0.1, -0.05) is 38.3 Å². The van der Waals surface area contributed by atoms with Crippen LogP contribution in [0.4, 0.5) is 4.39 Å². The fraction of sp³-hybridized carbons (Fsp3) is 0.750. The third kappa shape index (κ3) is 8.33. The van der Waals surface area contributed by atoms with Crippen molar-refractivity contribution >= 4 is 0 Å². The third-order valence-corrected chi connectivity index (χ3v) is 3.64. The highest BCUT2D eigenvalue weighted by atomic mass is 19.1. The number of hydrogen-bond donors (Lipinski definition) is 3. The second kappa shape index (κ2) is 13.1. The van der Waals surface area contributed by atoms with E-state index < -0.39 is 6.67 Å². The maximum atomic E-state index is 12.7. The Morgan fingerprint density at radius 3 is 2.50 bits per heavy atom. The van der Waals surface area contributed by atoms with Crippen LogP contribution >= 0.6 is 0 Å². The maximum Gasteiger partial charge on any atom is 0.116 e. The lowest BCUT2D eigenvalue weighted by molar-refractivity contribution is 0.458. The van der Waals surface area contributed by atoms with Crippen LogP contribution in [-0.2, 0) is 0 Å². The minimum atomic E-state index is -0.479. The number of hydrogen-bond acceptors (Lipinski definition) is 3. The molecule has 0 aromatic rings. The van der Waals surface area contributed by atoms with Gasteiger partial charge in [-0.2, -0.15) is 0 Å². The molecule has 0 heterocycles. The van der Waals surface area contributed by atoms with Crippen LogP contribution in [0, 0.1) is 0 Å². The molecule has 0 rings (SSSR count). The first-order valence-corrected chi connectivity index (χ1v) is 7.78. The molecule has 0 fully saturated rings. The van der Waals surface area contributed by atoms with Crippen molar-refractivity contribution in [2.75, 3.05) is 13.7 Å². The summed E-state index contributed by atoms with van der Waals surface area (Å²) in [4.78, 5) is 0. The van der Waals surface area contributed by atoms with E-state index in [2.05, 4.69) is 17.7 Å². The molecule has 3 nitrogen and oxygen atoms in total. The fourth-order valence-electron chi connectivity index (χ4n) is 2.33. The number of halogens is 1. The van der Waals surface area contributed by atoms with E-state index >= 15 is 0 Å². The standard InChI is InChI=1S/C16H32FN3/c1-4-10-15(19-3)11-8-6-7-9-12-16(20-18)14(5-2)13-17/h5,12,15,19-20H,4,6-11,13,18H2,1-3H3/b14-5+,16-12-. The molecule has 4 N–H and O–H groups in total. The zero-order valence-electron chi connectivity index (χ0n) is 13.3. The van der Waals surface area contributed by atoms with Crippen molar-refractivity contribution in [3.05, 3.63) is 23.4 Å². The van der Waals surface area contributed by atoms with Gasteiger partial charge in [-0.25, -0.2) is 4.39 Å². The van der Waals surface area contributed by atoms with Crippen molar-refractivity contribution in [1.29, 1.82) is 0 Å². The maximum absolute atomic E-state index is 12.7. The minimum absolute atomic E-state index is 0.479. The molecule has 0 aromatic heterocycles. The zero-order valence-corrected chi connectivity index (χ0v) is 13.3. The minimum Gasteiger partial charge on any atom is -0.324 e. The summed E-state index contributed by atoms with van der Waals surface area (Å²) < 4.78 is 12.7. The van der Waals surface area contributed by atoms with Gasteiger partial charge in [0.2, 0.25) is 0 Å². The van der Waals surface area contributed by atoms with Crippen LogP contribution in [0.15, 0.2) is 23.4 Å². The van der Waals surface area contributed by atoms with E-state index in [-0.39, 0.29) is 0 Å². The lowest BCUT2D eigenvalue weighted by Gasteiger charge is -2.14. The average molecular weight is 285 g/mol. The Morgan fingerprint density at radius 1 is 1.25 bits per heavy atom. The summed E-state index contributed by atoms with van der Waals surface area (Å²) in [6.45, 7) is 3.57. The summed E-state index contributed by atoms with van der Waals surface area (Å²) in [6.07, 6.45) is 12.0. The van der Waals surface area contributed by atoms with E-state index in [9.17, 15) is 4.39 Å². The molecule has 1 unspecified atom stereocenters. The molecule has 0 aliphatic heterocycles. The highest BCUT2D eigenvalue weighted by Crippen LogP contribution is 2.12. The molecule has 0 amide bonds. The molecule has 0 aliphatic rings. The summed E-state index contributed by atoms with van der Waals surface area (Å²) in [5.74, 6) is 5.42. The van der Waals surface area contributed by atoms with Crippen molar-refractivity contribution in [2.45, 2.75) is 64.8 Å². The van der Waals surface area contributed by atoms with Crippen LogP contribution in [0.25, 0.3) is 0 Å². The van der Waals surface area contributed by atoms with Crippen LogP contribution in [0.5, 0.6) is 0 Å². The topological polar surface area (TPSA) is 50.1 Å². The Hall–Kier alpha value is -0.870. The van der Waals surface area contributed by atoms with Gasteiger partial charge in [-0.15, -0.1) is 0 Å². The van der Waals surface area contributed by atoms with Gasteiger partial charge in [0.25, 0.3) is 0 Å². The van der Waals surface area contributed by atoms with E-state index in [1.54, 1.807) is 6.08 Å². The number of hydrazine groups is 1. The Labute approximate surface area is 123 Å². The number of unbranched alkanes of at least 4 members (excludes halogenated alkanes) is 3. The highest BCUT2D eigenvalue weighted by molar-refractivity contribution is 5.28. The molecule has 0 spiro atoms. The zero-order chi connectivity index (χ0) is 15.2. The van der Waals surface area contributed by atoms with Gasteiger partial charge in [0.15, 0.2) is 0 Å². The largest absolute Gasteiger partial charge is 0.324 e. The summed E-state index contributed by atoms with van der Waals surface area (Å²) in [6, 6.07) is 0.651. The van der Waals surface area contributed by atoms with Gasteiger partial charge in [0, 0.05) is 17.3 Å². The Balaban J connectivity index is 3.89. The first kappa shape index (κ1) is 19.1. The number of allylic oxidation sites excluding steroid dienone is 3. The SMILES string of the molecule is C/C=C(CF)/C(=C/CCCCCC(CCC)NC)NN. The third-order valence-electron chi connectivity index (χ3n) is 3.64. The number of nitrogens with two attached hydrogens (primary N) is 1. The molecule has 0 radical (unpaired) electrons. The van der Waals surface area contributed by atoms with Crippen molar-refractivity contribution in [2.24, 2.45) is 5.84 Å². The molecule has 0 bridgehead atoms. The van der Waals surface area contributed by atoms with Crippen molar-refractivity contribution in [1.82, 2.24) is 10.7 Å².